The van der Waals surface area contributed by atoms with E-state index in [1.54, 1.807) is 0 Å². The summed E-state index contributed by atoms with van der Waals surface area (Å²) in [5.41, 5.74) is 0.525. The molecular formula is C10H7BrF3IO2. The molecule has 1 aromatic rings. The Balaban J connectivity index is 2.90. The lowest BCUT2D eigenvalue weighted by Gasteiger charge is -2.10. The van der Waals surface area contributed by atoms with Crippen molar-refractivity contribution < 1.29 is 22.7 Å². The smallest absolute Gasteiger partial charge is 0.406 e. The quantitative estimate of drug-likeness (QED) is 0.546. The minimum Gasteiger partial charge on any atom is -0.406 e. The molecule has 0 heterocycles. The highest BCUT2D eigenvalue weighted by Crippen LogP contribution is 2.26. The Bertz CT molecular complexity index is 421. The minimum atomic E-state index is -4.72. The first-order valence-corrected chi connectivity index (χ1v) is 6.63. The zero-order valence-electron chi connectivity index (χ0n) is 8.35. The van der Waals surface area contributed by atoms with Gasteiger partial charge in [0.25, 0.3) is 0 Å². The van der Waals surface area contributed by atoms with Crippen molar-refractivity contribution in [3.8, 4) is 5.75 Å². The number of alkyl halides is 4. The molecule has 0 radical (unpaired) electrons. The molecule has 0 unspecified atom stereocenters. The number of benzene rings is 1. The van der Waals surface area contributed by atoms with Gasteiger partial charge in [-0.15, -0.1) is 13.2 Å². The van der Waals surface area contributed by atoms with Crippen LogP contribution in [-0.4, -0.2) is 17.5 Å². The summed E-state index contributed by atoms with van der Waals surface area (Å²) in [6.45, 7) is 0. The number of ether oxygens (including phenoxy) is 1. The Labute approximate surface area is 118 Å². The first-order valence-electron chi connectivity index (χ1n) is 4.43. The van der Waals surface area contributed by atoms with Crippen LogP contribution in [-0.2, 0) is 11.2 Å². The van der Waals surface area contributed by atoms with E-state index < -0.39 is 6.36 Å². The summed E-state index contributed by atoms with van der Waals surface area (Å²) in [6, 6.07) is 3.94. The topological polar surface area (TPSA) is 26.3 Å². The Morgan fingerprint density at radius 1 is 1.41 bits per heavy atom. The lowest BCUT2D eigenvalue weighted by molar-refractivity contribution is -0.274. The molecule has 0 saturated carbocycles. The first kappa shape index (κ1) is 14.7. The molecule has 0 aromatic heterocycles. The molecule has 0 aliphatic carbocycles. The normalized spacial score (nSPS) is 11.4. The van der Waals surface area contributed by atoms with Crippen LogP contribution in [0.15, 0.2) is 18.2 Å². The third kappa shape index (κ3) is 5.24. The summed E-state index contributed by atoms with van der Waals surface area (Å²) in [6.07, 6.45) is -4.64. The molecule has 0 N–H and O–H groups in total. The van der Waals surface area contributed by atoms with E-state index >= 15 is 0 Å². The molecule has 0 bridgehead atoms. The van der Waals surface area contributed by atoms with Crippen molar-refractivity contribution in [2.24, 2.45) is 0 Å². The van der Waals surface area contributed by atoms with Crippen LogP contribution in [0, 0.1) is 3.57 Å². The van der Waals surface area contributed by atoms with Gasteiger partial charge in [-0.2, -0.15) is 0 Å². The zero-order valence-corrected chi connectivity index (χ0v) is 12.1. The van der Waals surface area contributed by atoms with Gasteiger partial charge in [0, 0.05) is 9.99 Å². The SMILES string of the molecule is O=C(CBr)Cc1cc(OC(F)(F)F)ccc1I. The van der Waals surface area contributed by atoms with Crippen molar-refractivity contribution in [1.82, 2.24) is 0 Å². The molecule has 0 aliphatic heterocycles. The van der Waals surface area contributed by atoms with Gasteiger partial charge >= 0.3 is 6.36 Å². The van der Waals surface area contributed by atoms with Crippen molar-refractivity contribution in [2.45, 2.75) is 12.8 Å². The van der Waals surface area contributed by atoms with E-state index in [-0.39, 0.29) is 23.3 Å². The number of carbonyl (C=O) groups excluding carboxylic acids is 1. The number of hydrogen-bond acceptors (Lipinski definition) is 2. The first-order chi connectivity index (χ1) is 7.81. The Kier molecular flexibility index (Phi) is 5.23. The van der Waals surface area contributed by atoms with Crippen molar-refractivity contribution in [3.63, 3.8) is 0 Å². The van der Waals surface area contributed by atoms with Crippen molar-refractivity contribution in [3.05, 3.63) is 27.3 Å². The van der Waals surface area contributed by atoms with Crippen LogP contribution in [0.1, 0.15) is 5.56 Å². The maximum atomic E-state index is 12.0. The van der Waals surface area contributed by atoms with E-state index in [2.05, 4.69) is 20.7 Å². The molecule has 7 heteroatoms. The minimum absolute atomic E-state index is 0.0819. The van der Waals surface area contributed by atoms with E-state index in [4.69, 9.17) is 0 Å². The second-order valence-electron chi connectivity index (χ2n) is 3.15. The molecule has 0 aliphatic rings. The lowest BCUT2D eigenvalue weighted by Crippen LogP contribution is -2.17. The number of rotatable bonds is 4. The molecule has 17 heavy (non-hydrogen) atoms. The van der Waals surface area contributed by atoms with E-state index in [0.717, 1.165) is 3.57 Å². The fraction of sp³-hybridized carbons (Fsp3) is 0.300. The van der Waals surface area contributed by atoms with Gasteiger partial charge in [0.2, 0.25) is 0 Å². The molecule has 1 rings (SSSR count). The average Bonchev–Trinajstić information content (AvgIpc) is 2.20. The standard InChI is InChI=1S/C10H7BrF3IO2/c11-5-7(16)3-6-4-8(1-2-9(6)15)17-10(12,13)14/h1-2,4H,3,5H2. The van der Waals surface area contributed by atoms with Crippen LogP contribution >= 0.6 is 38.5 Å². The summed E-state index contributed by atoms with van der Waals surface area (Å²) in [5.74, 6) is -0.414. The number of halogens is 5. The maximum Gasteiger partial charge on any atom is 0.573 e. The number of carbonyl (C=O) groups is 1. The summed E-state index contributed by atoms with van der Waals surface area (Å²) in [7, 11) is 0. The maximum absolute atomic E-state index is 12.0. The van der Waals surface area contributed by atoms with Crippen molar-refractivity contribution in [1.29, 1.82) is 0 Å². The van der Waals surface area contributed by atoms with E-state index in [1.165, 1.54) is 18.2 Å². The second-order valence-corrected chi connectivity index (χ2v) is 4.87. The Morgan fingerprint density at radius 3 is 2.59 bits per heavy atom. The van der Waals surface area contributed by atoms with Crippen molar-refractivity contribution in [2.75, 3.05) is 5.33 Å². The molecule has 0 fully saturated rings. The molecule has 1 aromatic carbocycles. The third-order valence-electron chi connectivity index (χ3n) is 1.79. The zero-order chi connectivity index (χ0) is 13.1. The summed E-state index contributed by atoms with van der Waals surface area (Å²) >= 11 is 4.96. The predicted molar refractivity (Wildman–Crippen MR) is 68.3 cm³/mol. The van der Waals surface area contributed by atoms with Crippen molar-refractivity contribution >= 4 is 44.3 Å². The summed E-state index contributed by atoms with van der Waals surface area (Å²) in [4.78, 5) is 11.2. The number of hydrogen-bond donors (Lipinski definition) is 0. The summed E-state index contributed by atoms with van der Waals surface area (Å²) in [5, 5.41) is 0.174. The van der Waals surface area contributed by atoms with Crippen LogP contribution < -0.4 is 4.74 Å². The molecule has 2 nitrogen and oxygen atoms in total. The Hall–Kier alpha value is -0.310. The number of Topliss-reactive ketones (excluding diaryl/α,β-unsaturated/α-hetero) is 1. The second kappa shape index (κ2) is 6.03. The van der Waals surface area contributed by atoms with Crippen LogP contribution in [0.25, 0.3) is 0 Å². The van der Waals surface area contributed by atoms with Crippen LogP contribution in [0.4, 0.5) is 13.2 Å². The highest BCUT2D eigenvalue weighted by Gasteiger charge is 2.31. The van der Waals surface area contributed by atoms with Crippen LogP contribution in [0.2, 0.25) is 0 Å². The van der Waals surface area contributed by atoms with Gasteiger partial charge in [-0.3, -0.25) is 4.79 Å². The van der Waals surface area contributed by atoms with Gasteiger partial charge in [-0.1, -0.05) is 15.9 Å². The number of ketones is 1. The molecular weight excluding hydrogens is 416 g/mol. The van der Waals surface area contributed by atoms with Gasteiger partial charge in [0.05, 0.1) is 5.33 Å². The van der Waals surface area contributed by atoms with Crippen LogP contribution in [0.5, 0.6) is 5.75 Å². The molecule has 0 saturated heterocycles. The van der Waals surface area contributed by atoms with Gasteiger partial charge < -0.3 is 4.74 Å². The predicted octanol–water partition coefficient (Wildman–Crippen LogP) is 3.70. The third-order valence-corrected chi connectivity index (χ3v) is 3.47. The highest BCUT2D eigenvalue weighted by molar-refractivity contribution is 14.1. The fourth-order valence-corrected chi connectivity index (χ4v) is 1.87. The van der Waals surface area contributed by atoms with Gasteiger partial charge in [-0.05, 0) is 46.4 Å². The van der Waals surface area contributed by atoms with E-state index in [9.17, 15) is 18.0 Å². The average molecular weight is 423 g/mol. The molecule has 0 amide bonds. The van der Waals surface area contributed by atoms with Gasteiger partial charge in [-0.25, -0.2) is 0 Å². The fourth-order valence-electron chi connectivity index (χ4n) is 1.14. The monoisotopic (exact) mass is 422 g/mol. The largest absolute Gasteiger partial charge is 0.573 e. The highest BCUT2D eigenvalue weighted by atomic mass is 127. The lowest BCUT2D eigenvalue weighted by atomic mass is 10.1. The van der Waals surface area contributed by atoms with E-state index in [0.29, 0.717) is 5.56 Å². The van der Waals surface area contributed by atoms with E-state index in [1.807, 2.05) is 22.6 Å². The van der Waals surface area contributed by atoms with Crippen LogP contribution in [0.3, 0.4) is 0 Å². The van der Waals surface area contributed by atoms with Gasteiger partial charge in [0.1, 0.15) is 11.5 Å². The molecule has 0 atom stereocenters. The molecule has 0 spiro atoms. The van der Waals surface area contributed by atoms with Gasteiger partial charge in [0.15, 0.2) is 0 Å². The molecule has 94 valence electrons. The summed E-state index contributed by atoms with van der Waals surface area (Å²) < 4.78 is 40.5. The Morgan fingerprint density at radius 2 is 2.06 bits per heavy atom.